The average Bonchev–Trinajstić information content (AvgIpc) is 2.69. The van der Waals surface area contributed by atoms with Crippen LogP contribution in [0.2, 0.25) is 5.02 Å². The molecule has 0 radical (unpaired) electrons. The van der Waals surface area contributed by atoms with Gasteiger partial charge in [-0.05, 0) is 50.0 Å². The number of rotatable bonds is 8. The van der Waals surface area contributed by atoms with Crippen LogP contribution in [0.25, 0.3) is 10.9 Å². The highest BCUT2D eigenvalue weighted by Crippen LogP contribution is 2.29. The van der Waals surface area contributed by atoms with E-state index < -0.39 is 11.9 Å². The van der Waals surface area contributed by atoms with Crippen molar-refractivity contribution in [2.24, 2.45) is 4.99 Å². The predicted molar refractivity (Wildman–Crippen MR) is 118 cm³/mol. The maximum atomic E-state index is 13.2. The summed E-state index contributed by atoms with van der Waals surface area (Å²) in [5, 5.41) is 4.61. The Hall–Kier alpha value is -2.41. The third kappa shape index (κ3) is 6.05. The fraction of sp³-hybridized carbons (Fsp3) is 0.409. The van der Waals surface area contributed by atoms with Crippen molar-refractivity contribution >= 4 is 34.5 Å². The van der Waals surface area contributed by atoms with Crippen molar-refractivity contribution in [3.63, 3.8) is 0 Å². The second-order valence-electron chi connectivity index (χ2n) is 6.83. The van der Waals surface area contributed by atoms with Crippen LogP contribution >= 0.6 is 11.6 Å². The van der Waals surface area contributed by atoms with Gasteiger partial charge in [-0.1, -0.05) is 44.0 Å². The number of aliphatic imine (C=N–C) groups is 1. The van der Waals surface area contributed by atoms with E-state index in [4.69, 9.17) is 11.6 Å². The Morgan fingerprint density at radius 3 is 2.60 bits per heavy atom. The third-order valence-electron chi connectivity index (χ3n) is 4.64. The van der Waals surface area contributed by atoms with Crippen LogP contribution in [0.5, 0.6) is 0 Å². The van der Waals surface area contributed by atoms with Gasteiger partial charge in [-0.3, -0.25) is 4.99 Å². The van der Waals surface area contributed by atoms with Crippen molar-refractivity contribution in [1.29, 1.82) is 0 Å². The Morgan fingerprint density at radius 1 is 1.27 bits per heavy atom. The molecule has 2 aromatic rings. The molecule has 0 aliphatic carbocycles. The first-order chi connectivity index (χ1) is 14.2. The molecule has 1 N–H and O–H groups in total. The second-order valence-corrected chi connectivity index (χ2v) is 7.23. The zero-order chi connectivity index (χ0) is 22.3. The molecule has 0 bridgehead atoms. The van der Waals surface area contributed by atoms with Gasteiger partial charge in [0.1, 0.15) is 17.8 Å². The van der Waals surface area contributed by atoms with E-state index in [0.717, 1.165) is 29.0 Å². The van der Waals surface area contributed by atoms with Crippen LogP contribution in [0, 0.1) is 0 Å². The Kier molecular flexibility index (Phi) is 8.41. The van der Waals surface area contributed by atoms with E-state index in [-0.39, 0.29) is 6.04 Å². The SMILES string of the molecule is C\C=C(/C=N/C(=C/CCC)C(F)(F)F)[C@@H](C)Nc1ncnc2cc(CC)c(Cl)cc12. The number of aromatic nitrogens is 2. The number of unbranched alkanes of at least 4 members (excludes halogenated alkanes) is 1. The molecule has 0 aliphatic heterocycles. The lowest BCUT2D eigenvalue weighted by atomic mass is 10.1. The number of nitrogens with one attached hydrogen (secondary N) is 1. The molecule has 1 aromatic carbocycles. The maximum absolute atomic E-state index is 13.2. The highest BCUT2D eigenvalue weighted by molar-refractivity contribution is 6.32. The average molecular weight is 439 g/mol. The molecule has 0 amide bonds. The molecule has 0 fully saturated rings. The van der Waals surface area contributed by atoms with Gasteiger partial charge < -0.3 is 5.32 Å². The zero-order valence-corrected chi connectivity index (χ0v) is 18.3. The van der Waals surface area contributed by atoms with E-state index >= 15 is 0 Å². The van der Waals surface area contributed by atoms with Gasteiger partial charge in [0.25, 0.3) is 0 Å². The fourth-order valence-corrected chi connectivity index (χ4v) is 3.19. The van der Waals surface area contributed by atoms with Crippen molar-refractivity contribution < 1.29 is 13.2 Å². The molecule has 8 heteroatoms. The standard InChI is InChI=1S/C22H26ClF3N4/c1-5-8-9-20(22(24,25)26)27-12-16(7-3)14(4)30-21-17-11-18(23)15(6-2)10-19(17)28-13-29-21/h7,9-14H,5-6,8H2,1-4H3,(H,28,29,30)/b16-7+,20-9+,27-12+/t14-/m1/s1. The Bertz CT molecular complexity index is 965. The molecule has 0 saturated carbocycles. The minimum Gasteiger partial charge on any atom is -0.363 e. The van der Waals surface area contributed by atoms with Gasteiger partial charge >= 0.3 is 6.18 Å². The van der Waals surface area contributed by atoms with Crippen molar-refractivity contribution in [2.45, 2.75) is 59.2 Å². The molecule has 1 heterocycles. The highest BCUT2D eigenvalue weighted by Gasteiger charge is 2.33. The van der Waals surface area contributed by atoms with Gasteiger partial charge in [0, 0.05) is 16.6 Å². The molecule has 0 aliphatic rings. The number of anilines is 1. The summed E-state index contributed by atoms with van der Waals surface area (Å²) in [5.74, 6) is 0.558. The minimum atomic E-state index is -4.49. The highest BCUT2D eigenvalue weighted by atomic mass is 35.5. The fourth-order valence-electron chi connectivity index (χ4n) is 2.90. The summed E-state index contributed by atoms with van der Waals surface area (Å²) < 4.78 is 39.5. The summed E-state index contributed by atoms with van der Waals surface area (Å²) in [7, 11) is 0. The first kappa shape index (κ1) is 23.9. The lowest BCUT2D eigenvalue weighted by molar-refractivity contribution is -0.0925. The van der Waals surface area contributed by atoms with Gasteiger partial charge in [-0.2, -0.15) is 13.2 Å². The predicted octanol–water partition coefficient (Wildman–Crippen LogP) is 6.91. The normalized spacial score (nSPS) is 14.5. The van der Waals surface area contributed by atoms with Crippen LogP contribution in [0.4, 0.5) is 19.0 Å². The zero-order valence-electron chi connectivity index (χ0n) is 17.5. The van der Waals surface area contributed by atoms with Crippen LogP contribution < -0.4 is 5.32 Å². The Balaban J connectivity index is 2.29. The number of nitrogens with zero attached hydrogens (tertiary/aromatic N) is 3. The minimum absolute atomic E-state index is 0.318. The van der Waals surface area contributed by atoms with Gasteiger partial charge in [0.15, 0.2) is 0 Å². The summed E-state index contributed by atoms with van der Waals surface area (Å²) in [6.45, 7) is 7.42. The van der Waals surface area contributed by atoms with Crippen molar-refractivity contribution in [1.82, 2.24) is 9.97 Å². The van der Waals surface area contributed by atoms with E-state index in [2.05, 4.69) is 20.3 Å². The number of allylic oxidation sites excluding steroid dienone is 3. The molecule has 1 aromatic heterocycles. The molecule has 0 saturated heterocycles. The summed E-state index contributed by atoms with van der Waals surface area (Å²) in [6.07, 6.45) is 2.77. The lowest BCUT2D eigenvalue weighted by Crippen LogP contribution is -2.20. The number of benzene rings is 1. The van der Waals surface area contributed by atoms with E-state index in [0.29, 0.717) is 29.3 Å². The molecular formula is C22H26ClF3N4. The number of aryl methyl sites for hydroxylation is 1. The first-order valence-corrected chi connectivity index (χ1v) is 10.3. The largest absolute Gasteiger partial charge is 0.433 e. The monoisotopic (exact) mass is 438 g/mol. The molecular weight excluding hydrogens is 413 g/mol. The topological polar surface area (TPSA) is 50.2 Å². The molecule has 0 unspecified atom stereocenters. The van der Waals surface area contributed by atoms with Crippen molar-refractivity contribution in [3.8, 4) is 0 Å². The van der Waals surface area contributed by atoms with Crippen molar-refractivity contribution in [3.05, 3.63) is 52.5 Å². The molecule has 4 nitrogen and oxygen atoms in total. The molecule has 1 atom stereocenters. The maximum Gasteiger partial charge on any atom is 0.433 e. The summed E-state index contributed by atoms with van der Waals surface area (Å²) >= 11 is 6.34. The number of fused-ring (bicyclic) bond motifs is 1. The quantitative estimate of drug-likeness (QED) is 0.455. The van der Waals surface area contributed by atoms with Gasteiger partial charge in [0.2, 0.25) is 0 Å². The number of hydrogen-bond acceptors (Lipinski definition) is 4. The lowest BCUT2D eigenvalue weighted by Gasteiger charge is -2.17. The van der Waals surface area contributed by atoms with E-state index in [9.17, 15) is 13.2 Å². The molecule has 2 rings (SSSR count). The van der Waals surface area contributed by atoms with Crippen LogP contribution in [-0.4, -0.2) is 28.4 Å². The number of halogens is 4. The second kappa shape index (κ2) is 10.6. The molecule has 162 valence electrons. The summed E-state index contributed by atoms with van der Waals surface area (Å²) in [4.78, 5) is 12.3. The van der Waals surface area contributed by atoms with E-state index in [1.165, 1.54) is 12.5 Å². The van der Waals surface area contributed by atoms with Crippen LogP contribution in [-0.2, 0) is 6.42 Å². The first-order valence-electron chi connectivity index (χ1n) is 9.88. The summed E-state index contributed by atoms with van der Waals surface area (Å²) in [6, 6.07) is 3.40. The third-order valence-corrected chi connectivity index (χ3v) is 4.99. The van der Waals surface area contributed by atoms with E-state index in [1.807, 2.05) is 32.9 Å². The number of alkyl halides is 3. The van der Waals surface area contributed by atoms with Gasteiger partial charge in [-0.25, -0.2) is 9.97 Å². The Morgan fingerprint density at radius 2 is 2.00 bits per heavy atom. The van der Waals surface area contributed by atoms with Gasteiger partial charge in [-0.15, -0.1) is 0 Å². The van der Waals surface area contributed by atoms with Crippen LogP contribution in [0.15, 0.2) is 46.9 Å². The Labute approximate surface area is 180 Å². The van der Waals surface area contributed by atoms with Crippen LogP contribution in [0.3, 0.4) is 0 Å². The van der Waals surface area contributed by atoms with E-state index in [1.54, 1.807) is 13.0 Å². The smallest absolute Gasteiger partial charge is 0.363 e. The van der Waals surface area contributed by atoms with Crippen LogP contribution in [0.1, 0.15) is 46.1 Å². The molecule has 0 spiro atoms. The van der Waals surface area contributed by atoms with Crippen molar-refractivity contribution in [2.75, 3.05) is 5.32 Å². The number of hydrogen-bond donors (Lipinski definition) is 1. The summed E-state index contributed by atoms with van der Waals surface area (Å²) in [5.41, 5.74) is 1.45. The van der Waals surface area contributed by atoms with Gasteiger partial charge in [0.05, 0.1) is 11.6 Å². The molecule has 30 heavy (non-hydrogen) atoms.